The molecule has 18 heavy (non-hydrogen) atoms. The number of hydrogen-bond acceptors (Lipinski definition) is 2. The molecular formula is C14H13BrFNS. The van der Waals surface area contributed by atoms with E-state index in [9.17, 15) is 4.39 Å². The Hall–Kier alpha value is -0.840. The minimum Gasteiger partial charge on any atom is -0.316 e. The van der Waals surface area contributed by atoms with Crippen molar-refractivity contribution in [2.24, 2.45) is 0 Å². The molecule has 0 unspecified atom stereocenters. The molecule has 0 aromatic heterocycles. The van der Waals surface area contributed by atoms with Gasteiger partial charge in [0, 0.05) is 20.8 Å². The maximum absolute atomic E-state index is 13.2. The Kier molecular flexibility index (Phi) is 4.80. The first-order valence-corrected chi connectivity index (χ1v) is 7.16. The molecule has 0 amide bonds. The second-order valence-electron chi connectivity index (χ2n) is 3.84. The van der Waals surface area contributed by atoms with Crippen molar-refractivity contribution < 1.29 is 4.39 Å². The highest BCUT2D eigenvalue weighted by atomic mass is 79.9. The summed E-state index contributed by atoms with van der Waals surface area (Å²) in [6, 6.07) is 13.0. The number of halogens is 2. The van der Waals surface area contributed by atoms with Crippen LogP contribution in [-0.2, 0) is 6.54 Å². The van der Waals surface area contributed by atoms with E-state index in [4.69, 9.17) is 0 Å². The van der Waals surface area contributed by atoms with E-state index < -0.39 is 0 Å². The minimum atomic E-state index is -0.196. The van der Waals surface area contributed by atoms with Crippen LogP contribution < -0.4 is 5.32 Å². The first-order valence-electron chi connectivity index (χ1n) is 5.55. The van der Waals surface area contributed by atoms with Crippen LogP contribution in [0.1, 0.15) is 5.56 Å². The maximum atomic E-state index is 13.2. The first-order chi connectivity index (χ1) is 8.69. The second kappa shape index (κ2) is 6.36. The van der Waals surface area contributed by atoms with Crippen LogP contribution in [0.4, 0.5) is 4.39 Å². The Morgan fingerprint density at radius 1 is 1.22 bits per heavy atom. The van der Waals surface area contributed by atoms with Gasteiger partial charge in [-0.05, 0) is 49.0 Å². The fraction of sp³-hybridized carbons (Fsp3) is 0.143. The molecule has 94 valence electrons. The summed E-state index contributed by atoms with van der Waals surface area (Å²) in [5, 5.41) is 3.06. The topological polar surface area (TPSA) is 12.0 Å². The zero-order valence-electron chi connectivity index (χ0n) is 9.91. The molecule has 0 radical (unpaired) electrons. The van der Waals surface area contributed by atoms with E-state index in [0.29, 0.717) is 6.54 Å². The summed E-state index contributed by atoms with van der Waals surface area (Å²) in [5.74, 6) is -0.196. The van der Waals surface area contributed by atoms with Gasteiger partial charge in [-0.15, -0.1) is 0 Å². The Morgan fingerprint density at radius 3 is 2.78 bits per heavy atom. The lowest BCUT2D eigenvalue weighted by atomic mass is 10.2. The zero-order valence-corrected chi connectivity index (χ0v) is 12.3. The third-order valence-electron chi connectivity index (χ3n) is 2.41. The van der Waals surface area contributed by atoms with Gasteiger partial charge in [0.1, 0.15) is 5.82 Å². The maximum Gasteiger partial charge on any atom is 0.123 e. The third-order valence-corrected chi connectivity index (χ3v) is 4.01. The summed E-state index contributed by atoms with van der Waals surface area (Å²) in [7, 11) is 1.86. The summed E-state index contributed by atoms with van der Waals surface area (Å²) in [5.41, 5.74) is 0.975. The number of rotatable bonds is 4. The van der Waals surface area contributed by atoms with E-state index in [1.54, 1.807) is 17.8 Å². The predicted octanol–water partition coefficient (Wildman–Crippen LogP) is 4.46. The molecule has 2 aromatic rings. The van der Waals surface area contributed by atoms with Crippen LogP contribution in [0.3, 0.4) is 0 Å². The normalized spacial score (nSPS) is 10.6. The van der Waals surface area contributed by atoms with Gasteiger partial charge in [-0.2, -0.15) is 0 Å². The molecule has 0 atom stereocenters. The van der Waals surface area contributed by atoms with Crippen molar-refractivity contribution >= 4 is 27.7 Å². The summed E-state index contributed by atoms with van der Waals surface area (Å²) < 4.78 is 14.3. The van der Waals surface area contributed by atoms with Crippen LogP contribution in [-0.4, -0.2) is 7.05 Å². The van der Waals surface area contributed by atoms with Crippen molar-refractivity contribution in [1.29, 1.82) is 0 Å². The van der Waals surface area contributed by atoms with Crippen LogP contribution in [0.15, 0.2) is 56.7 Å². The van der Waals surface area contributed by atoms with E-state index in [1.165, 1.54) is 6.07 Å². The van der Waals surface area contributed by atoms with Crippen molar-refractivity contribution in [3.05, 3.63) is 58.3 Å². The average molecular weight is 326 g/mol. The summed E-state index contributed by atoms with van der Waals surface area (Å²) in [4.78, 5) is 2.21. The Bertz CT molecular complexity index is 545. The van der Waals surface area contributed by atoms with E-state index in [1.807, 2.05) is 31.3 Å². The molecule has 0 spiro atoms. The van der Waals surface area contributed by atoms with E-state index >= 15 is 0 Å². The van der Waals surface area contributed by atoms with E-state index in [2.05, 4.69) is 27.3 Å². The molecule has 0 heterocycles. The molecular weight excluding hydrogens is 313 g/mol. The van der Waals surface area contributed by atoms with Crippen molar-refractivity contribution in [2.45, 2.75) is 16.3 Å². The van der Waals surface area contributed by atoms with Gasteiger partial charge in [0.15, 0.2) is 0 Å². The van der Waals surface area contributed by atoms with Crippen LogP contribution in [0, 0.1) is 5.82 Å². The van der Waals surface area contributed by atoms with E-state index in [-0.39, 0.29) is 5.82 Å². The van der Waals surface area contributed by atoms with E-state index in [0.717, 1.165) is 19.8 Å². The molecule has 2 rings (SSSR count). The number of hydrogen-bond donors (Lipinski definition) is 1. The van der Waals surface area contributed by atoms with Gasteiger partial charge in [-0.3, -0.25) is 0 Å². The molecule has 2 aromatic carbocycles. The van der Waals surface area contributed by atoms with Gasteiger partial charge in [0.25, 0.3) is 0 Å². The lowest BCUT2D eigenvalue weighted by Gasteiger charge is -2.09. The van der Waals surface area contributed by atoms with Gasteiger partial charge in [0.2, 0.25) is 0 Å². The van der Waals surface area contributed by atoms with Crippen LogP contribution >= 0.6 is 27.7 Å². The molecule has 0 fully saturated rings. The third kappa shape index (κ3) is 3.57. The summed E-state index contributed by atoms with van der Waals surface area (Å²) >= 11 is 5.09. The van der Waals surface area contributed by atoms with Crippen LogP contribution in [0.2, 0.25) is 0 Å². The van der Waals surface area contributed by atoms with Crippen molar-refractivity contribution in [3.63, 3.8) is 0 Å². The fourth-order valence-corrected chi connectivity index (χ4v) is 3.17. The zero-order chi connectivity index (χ0) is 13.0. The highest BCUT2D eigenvalue weighted by molar-refractivity contribution is 9.10. The molecule has 0 saturated heterocycles. The first kappa shape index (κ1) is 13.6. The lowest BCUT2D eigenvalue weighted by Crippen LogP contribution is -2.06. The quantitative estimate of drug-likeness (QED) is 0.890. The van der Waals surface area contributed by atoms with Crippen LogP contribution in [0.5, 0.6) is 0 Å². The second-order valence-corrected chi connectivity index (χ2v) is 5.87. The Balaban J connectivity index is 2.28. The standard InChI is InChI=1S/C14H13BrFNS/c1-17-9-10-7-12(16)5-6-14(10)18-13-4-2-3-11(15)8-13/h2-8,17H,9H2,1H3. The van der Waals surface area contributed by atoms with Gasteiger partial charge in [-0.25, -0.2) is 4.39 Å². The molecule has 0 aliphatic carbocycles. The van der Waals surface area contributed by atoms with Gasteiger partial charge < -0.3 is 5.32 Å². The van der Waals surface area contributed by atoms with Gasteiger partial charge in [0.05, 0.1) is 0 Å². The van der Waals surface area contributed by atoms with Gasteiger partial charge in [-0.1, -0.05) is 33.8 Å². The molecule has 4 heteroatoms. The Labute approximate surface area is 119 Å². The molecule has 0 saturated carbocycles. The molecule has 1 N–H and O–H groups in total. The summed E-state index contributed by atoms with van der Waals surface area (Å²) in [6.07, 6.45) is 0. The largest absolute Gasteiger partial charge is 0.316 e. The van der Waals surface area contributed by atoms with Crippen molar-refractivity contribution in [1.82, 2.24) is 5.32 Å². The van der Waals surface area contributed by atoms with Gasteiger partial charge >= 0.3 is 0 Å². The monoisotopic (exact) mass is 325 g/mol. The fourth-order valence-electron chi connectivity index (χ4n) is 1.63. The molecule has 1 nitrogen and oxygen atoms in total. The predicted molar refractivity (Wildman–Crippen MR) is 77.4 cm³/mol. The highest BCUT2D eigenvalue weighted by Crippen LogP contribution is 2.32. The SMILES string of the molecule is CNCc1cc(F)ccc1Sc1cccc(Br)c1. The van der Waals surface area contributed by atoms with Crippen molar-refractivity contribution in [3.8, 4) is 0 Å². The minimum absolute atomic E-state index is 0.196. The molecule has 0 bridgehead atoms. The molecule has 0 aliphatic rings. The van der Waals surface area contributed by atoms with Crippen LogP contribution in [0.25, 0.3) is 0 Å². The average Bonchev–Trinajstić information content (AvgIpc) is 2.33. The molecule has 0 aliphatic heterocycles. The number of benzene rings is 2. The van der Waals surface area contributed by atoms with Crippen molar-refractivity contribution in [2.75, 3.05) is 7.05 Å². The summed E-state index contributed by atoms with van der Waals surface area (Å²) in [6.45, 7) is 0.661. The highest BCUT2D eigenvalue weighted by Gasteiger charge is 2.06. The lowest BCUT2D eigenvalue weighted by molar-refractivity contribution is 0.621. The Morgan fingerprint density at radius 2 is 2.06 bits per heavy atom. The number of nitrogens with one attached hydrogen (secondary N) is 1. The smallest absolute Gasteiger partial charge is 0.123 e.